The first-order chi connectivity index (χ1) is 10.4. The Kier molecular flexibility index (Phi) is 5.24. The molecule has 1 aromatic carbocycles. The summed E-state index contributed by atoms with van der Waals surface area (Å²) in [5.74, 6) is 0.994. The van der Waals surface area contributed by atoms with Crippen molar-refractivity contribution >= 4 is 38.2 Å². The highest BCUT2D eigenvalue weighted by Crippen LogP contribution is 2.26. The molecule has 0 N–H and O–H groups in total. The summed E-state index contributed by atoms with van der Waals surface area (Å²) in [4.78, 5) is 10.6. The first-order valence-electron chi connectivity index (χ1n) is 7.25. The Morgan fingerprint density at radius 2 is 2.00 bits per heavy atom. The zero-order chi connectivity index (χ0) is 16.3. The first kappa shape index (κ1) is 17.0. The van der Waals surface area contributed by atoms with Crippen LogP contribution in [-0.2, 0) is 9.84 Å². The lowest BCUT2D eigenvalue weighted by atomic mass is 10.2. The molecule has 0 aliphatic rings. The molecule has 7 heteroatoms. The molecule has 0 saturated carbocycles. The minimum Gasteiger partial charge on any atom is -0.353 e. The van der Waals surface area contributed by atoms with E-state index in [0.717, 1.165) is 16.7 Å². The Labute approximate surface area is 136 Å². The predicted octanol–water partition coefficient (Wildman–Crippen LogP) is 2.93. The molecule has 0 radical (unpaired) electrons. The Balaban J connectivity index is 2.43. The van der Waals surface area contributed by atoms with E-state index in [1.165, 1.54) is 6.33 Å². The zero-order valence-corrected chi connectivity index (χ0v) is 14.5. The molecule has 0 unspecified atom stereocenters. The molecular weight excluding hydrogens is 322 g/mol. The summed E-state index contributed by atoms with van der Waals surface area (Å²) in [7, 11) is -3.05. The average Bonchev–Trinajstić information content (AvgIpc) is 2.47. The fourth-order valence-corrected chi connectivity index (χ4v) is 3.81. The van der Waals surface area contributed by atoms with Crippen molar-refractivity contribution in [3.05, 3.63) is 29.5 Å². The summed E-state index contributed by atoms with van der Waals surface area (Å²) in [5.41, 5.74) is 0.751. The minimum atomic E-state index is -3.05. The summed E-state index contributed by atoms with van der Waals surface area (Å²) in [5, 5.41) is 1.48. The largest absolute Gasteiger partial charge is 0.353 e. The molecule has 5 nitrogen and oxygen atoms in total. The molecule has 0 spiro atoms. The van der Waals surface area contributed by atoms with Gasteiger partial charge in [0.25, 0.3) is 0 Å². The van der Waals surface area contributed by atoms with E-state index in [2.05, 4.69) is 9.97 Å². The minimum absolute atomic E-state index is 0.108. The molecule has 0 aliphatic heterocycles. The Hall–Kier alpha value is -1.40. The molecular formula is C15H20ClN3O2S. The van der Waals surface area contributed by atoms with Crippen molar-refractivity contribution in [1.82, 2.24) is 9.97 Å². The van der Waals surface area contributed by atoms with E-state index >= 15 is 0 Å². The summed E-state index contributed by atoms with van der Waals surface area (Å²) >= 11 is 6.00. The van der Waals surface area contributed by atoms with Crippen LogP contribution in [0.15, 0.2) is 24.5 Å². The highest BCUT2D eigenvalue weighted by Gasteiger charge is 2.22. The van der Waals surface area contributed by atoms with Gasteiger partial charge in [-0.3, -0.25) is 0 Å². The third-order valence-electron chi connectivity index (χ3n) is 3.66. The fraction of sp³-hybridized carbons (Fsp3) is 0.467. The fourth-order valence-electron chi connectivity index (χ4n) is 2.49. The summed E-state index contributed by atoms with van der Waals surface area (Å²) in [6.45, 7) is 6.22. The first-order valence-corrected chi connectivity index (χ1v) is 9.45. The second-order valence-electron chi connectivity index (χ2n) is 5.19. The standard InChI is InChI=1S/C15H20ClN3O2S/c1-4-19(11(3)9-22(20,21)5-2)15-13-7-6-12(16)8-14(13)17-10-18-15/h6-8,10-11H,4-5,9H2,1-3H3/t11-/m1/s1. The van der Waals surface area contributed by atoms with Gasteiger partial charge >= 0.3 is 0 Å². The maximum atomic E-state index is 11.9. The maximum absolute atomic E-state index is 11.9. The molecule has 0 fully saturated rings. The lowest BCUT2D eigenvalue weighted by Gasteiger charge is -2.29. The van der Waals surface area contributed by atoms with Crippen molar-refractivity contribution in [2.45, 2.75) is 26.8 Å². The zero-order valence-electron chi connectivity index (χ0n) is 13.0. The number of sulfone groups is 1. The molecule has 22 heavy (non-hydrogen) atoms. The Bertz CT molecular complexity index is 764. The van der Waals surface area contributed by atoms with Crippen molar-refractivity contribution < 1.29 is 8.42 Å². The summed E-state index contributed by atoms with van der Waals surface area (Å²) in [6, 6.07) is 5.28. The normalized spacial score (nSPS) is 13.3. The maximum Gasteiger partial charge on any atom is 0.152 e. The molecule has 1 atom stereocenters. The molecule has 2 rings (SSSR count). The molecule has 0 aliphatic carbocycles. The third kappa shape index (κ3) is 3.67. The van der Waals surface area contributed by atoms with E-state index in [9.17, 15) is 8.42 Å². The number of benzene rings is 1. The van der Waals surface area contributed by atoms with Crippen LogP contribution >= 0.6 is 11.6 Å². The van der Waals surface area contributed by atoms with Crippen LogP contribution in [0.5, 0.6) is 0 Å². The van der Waals surface area contributed by atoms with E-state index in [1.807, 2.05) is 24.8 Å². The van der Waals surface area contributed by atoms with Crippen molar-refractivity contribution in [3.63, 3.8) is 0 Å². The van der Waals surface area contributed by atoms with Gasteiger partial charge < -0.3 is 4.90 Å². The molecule has 1 aromatic heterocycles. The highest BCUT2D eigenvalue weighted by molar-refractivity contribution is 7.91. The smallest absolute Gasteiger partial charge is 0.152 e. The van der Waals surface area contributed by atoms with Crippen molar-refractivity contribution in [3.8, 4) is 0 Å². The number of hydrogen-bond donors (Lipinski definition) is 0. The van der Waals surface area contributed by atoms with E-state index < -0.39 is 9.84 Å². The summed E-state index contributed by atoms with van der Waals surface area (Å²) < 4.78 is 23.8. The van der Waals surface area contributed by atoms with Crippen LogP contribution in [0.3, 0.4) is 0 Å². The SMILES string of the molecule is CCN(c1ncnc2cc(Cl)ccc12)[C@H](C)CS(=O)(=O)CC. The molecule has 0 amide bonds. The van der Waals surface area contributed by atoms with Crippen molar-refractivity contribution in [1.29, 1.82) is 0 Å². The van der Waals surface area contributed by atoms with Crippen LogP contribution in [0, 0.1) is 0 Å². The van der Waals surface area contributed by atoms with Gasteiger partial charge in [0.1, 0.15) is 12.1 Å². The van der Waals surface area contributed by atoms with Gasteiger partial charge in [-0.05, 0) is 32.0 Å². The molecule has 0 bridgehead atoms. The quantitative estimate of drug-likeness (QED) is 0.808. The van der Waals surface area contributed by atoms with Gasteiger partial charge in [-0.1, -0.05) is 18.5 Å². The Morgan fingerprint density at radius 3 is 2.64 bits per heavy atom. The van der Waals surface area contributed by atoms with Gasteiger partial charge in [0.2, 0.25) is 0 Å². The van der Waals surface area contributed by atoms with E-state index in [-0.39, 0.29) is 17.5 Å². The van der Waals surface area contributed by atoms with Crippen LogP contribution < -0.4 is 4.90 Å². The number of hydrogen-bond acceptors (Lipinski definition) is 5. The van der Waals surface area contributed by atoms with Gasteiger partial charge in [0.05, 0.1) is 11.3 Å². The second kappa shape index (κ2) is 6.79. The number of fused-ring (bicyclic) bond motifs is 1. The van der Waals surface area contributed by atoms with Crippen LogP contribution in [0.1, 0.15) is 20.8 Å². The number of aromatic nitrogens is 2. The van der Waals surface area contributed by atoms with Crippen LogP contribution in [-0.4, -0.2) is 42.5 Å². The van der Waals surface area contributed by atoms with Gasteiger partial charge in [-0.25, -0.2) is 18.4 Å². The number of anilines is 1. The number of halogens is 1. The Morgan fingerprint density at radius 1 is 1.27 bits per heavy atom. The number of nitrogens with zero attached hydrogens (tertiary/aromatic N) is 3. The second-order valence-corrected chi connectivity index (χ2v) is 8.03. The van der Waals surface area contributed by atoms with Gasteiger partial charge in [0.15, 0.2) is 9.84 Å². The predicted molar refractivity (Wildman–Crippen MR) is 91.4 cm³/mol. The van der Waals surface area contributed by atoms with Crippen molar-refractivity contribution in [2.24, 2.45) is 0 Å². The van der Waals surface area contributed by atoms with Gasteiger partial charge in [-0.2, -0.15) is 0 Å². The van der Waals surface area contributed by atoms with E-state index in [0.29, 0.717) is 11.6 Å². The van der Waals surface area contributed by atoms with E-state index in [1.54, 1.807) is 19.1 Å². The average molecular weight is 342 g/mol. The van der Waals surface area contributed by atoms with Crippen LogP contribution in [0.4, 0.5) is 5.82 Å². The van der Waals surface area contributed by atoms with Crippen LogP contribution in [0.2, 0.25) is 5.02 Å². The van der Waals surface area contributed by atoms with Crippen LogP contribution in [0.25, 0.3) is 10.9 Å². The lowest BCUT2D eigenvalue weighted by Crippen LogP contribution is -2.39. The molecule has 2 aromatic rings. The monoisotopic (exact) mass is 341 g/mol. The molecule has 1 heterocycles. The highest BCUT2D eigenvalue weighted by atomic mass is 35.5. The van der Waals surface area contributed by atoms with Crippen molar-refractivity contribution in [2.75, 3.05) is 23.0 Å². The lowest BCUT2D eigenvalue weighted by molar-refractivity contribution is 0.585. The molecule has 0 saturated heterocycles. The summed E-state index contributed by atoms with van der Waals surface area (Å²) in [6.07, 6.45) is 1.48. The van der Waals surface area contributed by atoms with E-state index in [4.69, 9.17) is 11.6 Å². The van der Waals surface area contributed by atoms with Gasteiger partial charge in [-0.15, -0.1) is 0 Å². The topological polar surface area (TPSA) is 63.2 Å². The number of rotatable bonds is 6. The molecule has 120 valence electrons. The van der Waals surface area contributed by atoms with Gasteiger partial charge in [0, 0.05) is 28.7 Å². The third-order valence-corrected chi connectivity index (χ3v) is 5.76.